The summed E-state index contributed by atoms with van der Waals surface area (Å²) in [5.74, 6) is 2.64. The molecule has 0 radical (unpaired) electrons. The van der Waals surface area contributed by atoms with Gasteiger partial charge in [0.15, 0.2) is 0 Å². The van der Waals surface area contributed by atoms with Crippen LogP contribution in [0.1, 0.15) is 11.3 Å². The first-order chi connectivity index (χ1) is 11.7. The third-order valence-corrected chi connectivity index (χ3v) is 4.79. The highest BCUT2D eigenvalue weighted by Crippen LogP contribution is 2.31. The zero-order valence-electron chi connectivity index (χ0n) is 13.6. The second kappa shape index (κ2) is 9.43. The molecule has 0 saturated carbocycles. The molecule has 0 aliphatic carbocycles. The summed E-state index contributed by atoms with van der Waals surface area (Å²) in [6.07, 6.45) is 0. The van der Waals surface area contributed by atoms with Gasteiger partial charge < -0.3 is 14.5 Å². The van der Waals surface area contributed by atoms with Crippen molar-refractivity contribution in [2.24, 2.45) is 0 Å². The second-order valence-electron chi connectivity index (χ2n) is 5.34. The lowest BCUT2D eigenvalue weighted by atomic mass is 10.2. The highest BCUT2D eigenvalue weighted by Gasteiger charge is 2.08. The largest absolute Gasteiger partial charge is 0.497 e. The van der Waals surface area contributed by atoms with Crippen molar-refractivity contribution in [3.05, 3.63) is 74.9 Å². The van der Waals surface area contributed by atoms with E-state index in [1.165, 1.54) is 5.56 Å². The van der Waals surface area contributed by atoms with Gasteiger partial charge in [0.05, 0.1) is 13.7 Å². The molecule has 0 amide bonds. The Kier molecular flexibility index (Phi) is 7.56. The van der Waals surface area contributed by atoms with E-state index in [1.54, 1.807) is 7.11 Å². The molecule has 0 fully saturated rings. The van der Waals surface area contributed by atoms with E-state index in [0.29, 0.717) is 6.54 Å². The highest BCUT2D eigenvalue weighted by molar-refractivity contribution is 9.11. The number of halogens is 3. The summed E-state index contributed by atoms with van der Waals surface area (Å²) in [5, 5.41) is 3.39. The topological polar surface area (TPSA) is 34.4 Å². The molecule has 0 spiro atoms. The van der Waals surface area contributed by atoms with E-state index in [-0.39, 0.29) is 12.4 Å². The van der Waals surface area contributed by atoms with Gasteiger partial charge in [-0.1, -0.05) is 28.1 Å². The molecule has 3 aromatic rings. The minimum atomic E-state index is 0. The van der Waals surface area contributed by atoms with Gasteiger partial charge in [0.25, 0.3) is 0 Å². The van der Waals surface area contributed by atoms with Crippen molar-refractivity contribution in [1.82, 2.24) is 5.32 Å². The predicted octanol–water partition coefficient (Wildman–Crippen LogP) is 6.19. The van der Waals surface area contributed by atoms with Crippen molar-refractivity contribution in [2.75, 3.05) is 7.11 Å². The van der Waals surface area contributed by atoms with Crippen LogP contribution in [0.2, 0.25) is 0 Å². The Hall–Kier alpha value is -1.27. The molecule has 3 rings (SSSR count). The van der Waals surface area contributed by atoms with Crippen LogP contribution in [0.5, 0.6) is 5.75 Å². The summed E-state index contributed by atoms with van der Waals surface area (Å²) in [4.78, 5) is 0. The first-order valence-corrected chi connectivity index (χ1v) is 9.12. The summed E-state index contributed by atoms with van der Waals surface area (Å²) in [7, 11) is 1.67. The fourth-order valence-electron chi connectivity index (χ4n) is 2.38. The minimum Gasteiger partial charge on any atom is -0.497 e. The van der Waals surface area contributed by atoms with E-state index in [4.69, 9.17) is 9.15 Å². The first-order valence-electron chi connectivity index (χ1n) is 7.53. The van der Waals surface area contributed by atoms with Gasteiger partial charge >= 0.3 is 0 Å². The van der Waals surface area contributed by atoms with Crippen molar-refractivity contribution in [2.45, 2.75) is 13.1 Å². The van der Waals surface area contributed by atoms with E-state index in [1.807, 2.05) is 42.5 Å². The van der Waals surface area contributed by atoms with Gasteiger partial charge in [-0.05, 0) is 64.0 Å². The van der Waals surface area contributed by atoms with E-state index in [2.05, 4.69) is 49.3 Å². The van der Waals surface area contributed by atoms with E-state index in [9.17, 15) is 0 Å². The summed E-state index contributed by atoms with van der Waals surface area (Å²) >= 11 is 7.03. The molecule has 25 heavy (non-hydrogen) atoms. The van der Waals surface area contributed by atoms with Gasteiger partial charge in [-0.2, -0.15) is 0 Å². The summed E-state index contributed by atoms with van der Waals surface area (Å²) in [5.41, 5.74) is 2.25. The van der Waals surface area contributed by atoms with Crippen LogP contribution in [0.25, 0.3) is 11.3 Å². The Bertz CT molecular complexity index is 819. The highest BCUT2D eigenvalue weighted by atomic mass is 79.9. The zero-order chi connectivity index (χ0) is 16.9. The van der Waals surface area contributed by atoms with Gasteiger partial charge in [0.2, 0.25) is 0 Å². The molecule has 0 aliphatic rings. The van der Waals surface area contributed by atoms with Crippen LogP contribution in [0.15, 0.2) is 68.0 Å². The van der Waals surface area contributed by atoms with Crippen LogP contribution in [0, 0.1) is 0 Å². The summed E-state index contributed by atoms with van der Waals surface area (Å²) in [6, 6.07) is 18.1. The lowest BCUT2D eigenvalue weighted by molar-refractivity contribution is 0.414. The molecule has 0 aliphatic heterocycles. The monoisotopic (exact) mass is 485 g/mol. The van der Waals surface area contributed by atoms with Gasteiger partial charge in [-0.15, -0.1) is 12.4 Å². The molecule has 2 aromatic carbocycles. The first kappa shape index (κ1) is 20.0. The normalized spacial score (nSPS) is 10.4. The average Bonchev–Trinajstić information content (AvgIpc) is 3.04. The standard InChI is InChI=1S/C19H17Br2NO2.ClH/c1-23-15-5-2-13(3-6-15)11-22-12-16-7-9-19(24-16)17-8-4-14(20)10-18(17)21;/h2-10,22H,11-12H2,1H3;1H. The number of nitrogens with one attached hydrogen (secondary N) is 1. The van der Waals surface area contributed by atoms with Crippen molar-refractivity contribution in [3.8, 4) is 17.1 Å². The van der Waals surface area contributed by atoms with E-state index in [0.717, 1.165) is 38.3 Å². The second-order valence-corrected chi connectivity index (χ2v) is 7.11. The molecule has 1 aromatic heterocycles. The Balaban J connectivity index is 0.00000225. The number of hydrogen-bond donors (Lipinski definition) is 1. The fraction of sp³-hybridized carbons (Fsp3) is 0.158. The maximum atomic E-state index is 5.94. The molecular weight excluding hydrogens is 469 g/mol. The number of ether oxygens (including phenoxy) is 1. The van der Waals surface area contributed by atoms with Crippen molar-refractivity contribution < 1.29 is 9.15 Å². The molecule has 0 atom stereocenters. The predicted molar refractivity (Wildman–Crippen MR) is 110 cm³/mol. The summed E-state index contributed by atoms with van der Waals surface area (Å²) < 4.78 is 13.1. The Morgan fingerprint density at radius 1 is 0.960 bits per heavy atom. The van der Waals surface area contributed by atoms with E-state index < -0.39 is 0 Å². The zero-order valence-corrected chi connectivity index (χ0v) is 17.6. The average molecular weight is 488 g/mol. The molecule has 1 N–H and O–H groups in total. The number of methoxy groups -OCH3 is 1. The molecule has 0 bridgehead atoms. The summed E-state index contributed by atoms with van der Waals surface area (Å²) in [6.45, 7) is 1.46. The fourth-order valence-corrected chi connectivity index (χ4v) is 3.62. The van der Waals surface area contributed by atoms with E-state index >= 15 is 0 Å². The van der Waals surface area contributed by atoms with Gasteiger partial charge in [0.1, 0.15) is 17.3 Å². The molecule has 0 saturated heterocycles. The van der Waals surface area contributed by atoms with Gasteiger partial charge in [-0.3, -0.25) is 0 Å². The third-order valence-electron chi connectivity index (χ3n) is 3.65. The van der Waals surface area contributed by atoms with Crippen LogP contribution in [0.4, 0.5) is 0 Å². The van der Waals surface area contributed by atoms with Crippen LogP contribution < -0.4 is 10.1 Å². The van der Waals surface area contributed by atoms with Crippen LogP contribution in [-0.2, 0) is 13.1 Å². The molecule has 1 heterocycles. The molecule has 3 nitrogen and oxygen atoms in total. The quantitative estimate of drug-likeness (QED) is 0.450. The maximum absolute atomic E-state index is 5.94. The molecular formula is C19H18Br2ClNO2. The minimum absolute atomic E-state index is 0. The molecule has 0 unspecified atom stereocenters. The Morgan fingerprint density at radius 3 is 2.40 bits per heavy atom. The third kappa shape index (κ3) is 5.35. The van der Waals surface area contributed by atoms with Crippen LogP contribution in [0.3, 0.4) is 0 Å². The lowest BCUT2D eigenvalue weighted by Gasteiger charge is -2.05. The number of furan rings is 1. The van der Waals surface area contributed by atoms with Crippen molar-refractivity contribution in [3.63, 3.8) is 0 Å². The smallest absolute Gasteiger partial charge is 0.135 e. The number of hydrogen-bond acceptors (Lipinski definition) is 3. The lowest BCUT2D eigenvalue weighted by Crippen LogP contribution is -2.11. The number of benzene rings is 2. The molecule has 6 heteroatoms. The Morgan fingerprint density at radius 2 is 1.72 bits per heavy atom. The SMILES string of the molecule is COc1ccc(CNCc2ccc(-c3ccc(Br)cc3Br)o2)cc1.Cl. The maximum Gasteiger partial charge on any atom is 0.135 e. The van der Waals surface area contributed by atoms with Crippen LogP contribution in [-0.4, -0.2) is 7.11 Å². The van der Waals surface area contributed by atoms with Gasteiger partial charge in [-0.25, -0.2) is 0 Å². The van der Waals surface area contributed by atoms with Crippen LogP contribution >= 0.6 is 44.3 Å². The van der Waals surface area contributed by atoms with Gasteiger partial charge in [0, 0.05) is 21.1 Å². The number of rotatable bonds is 6. The van der Waals surface area contributed by atoms with Crippen molar-refractivity contribution >= 4 is 44.3 Å². The van der Waals surface area contributed by atoms with Crippen molar-refractivity contribution in [1.29, 1.82) is 0 Å². The Labute approximate surface area is 170 Å². The molecule has 132 valence electrons.